The molecule has 4 atom stereocenters. The lowest BCUT2D eigenvalue weighted by Crippen LogP contribution is -2.36. The number of nitrogens with one attached hydrogen (secondary N) is 1. The van der Waals surface area contributed by atoms with Crippen LogP contribution in [-0.4, -0.2) is 33.5 Å². The minimum atomic E-state index is 0.193. The summed E-state index contributed by atoms with van der Waals surface area (Å²) in [5.74, 6) is 1.69. The SMILES string of the molecule is CNC(c1cc(Cl)cnc1N)C1CSC(C)C(C)S1. The predicted octanol–water partition coefficient (Wildman–Crippen LogP) is 3.20. The highest BCUT2D eigenvalue weighted by Crippen LogP contribution is 2.41. The third-order valence-electron chi connectivity index (χ3n) is 3.51. The van der Waals surface area contributed by atoms with E-state index in [1.54, 1.807) is 6.20 Å². The van der Waals surface area contributed by atoms with Crippen LogP contribution in [0.25, 0.3) is 0 Å². The van der Waals surface area contributed by atoms with E-state index in [1.165, 1.54) is 0 Å². The van der Waals surface area contributed by atoms with Gasteiger partial charge in [-0.25, -0.2) is 4.98 Å². The van der Waals surface area contributed by atoms with Crippen molar-refractivity contribution in [1.82, 2.24) is 10.3 Å². The fourth-order valence-corrected chi connectivity index (χ4v) is 5.55. The van der Waals surface area contributed by atoms with Gasteiger partial charge in [-0.15, -0.1) is 0 Å². The average Bonchev–Trinajstić information content (AvgIpc) is 2.38. The molecule has 0 saturated carbocycles. The van der Waals surface area contributed by atoms with E-state index in [0.29, 0.717) is 26.6 Å². The Morgan fingerprint density at radius 1 is 1.47 bits per heavy atom. The van der Waals surface area contributed by atoms with Crippen LogP contribution < -0.4 is 11.1 Å². The number of aromatic nitrogens is 1. The second-order valence-electron chi connectivity index (χ2n) is 4.81. The van der Waals surface area contributed by atoms with Crippen LogP contribution in [0.15, 0.2) is 12.3 Å². The molecular weight excluding hydrogens is 298 g/mol. The average molecular weight is 318 g/mol. The number of pyridine rings is 1. The smallest absolute Gasteiger partial charge is 0.128 e. The standard InChI is InChI=1S/C13H20ClN3S2/c1-7-8(2)19-11(6-18-7)12(16-3)10-4-9(14)5-17-13(10)15/h4-5,7-8,11-12,16H,6H2,1-3H3,(H2,15,17). The van der Waals surface area contributed by atoms with Gasteiger partial charge in [-0.1, -0.05) is 25.4 Å². The molecule has 2 rings (SSSR count). The van der Waals surface area contributed by atoms with Crippen LogP contribution in [0.1, 0.15) is 25.5 Å². The van der Waals surface area contributed by atoms with Crippen LogP contribution in [0.2, 0.25) is 5.02 Å². The first-order valence-corrected chi connectivity index (χ1v) is 8.75. The van der Waals surface area contributed by atoms with Crippen molar-refractivity contribution in [2.75, 3.05) is 18.5 Å². The summed E-state index contributed by atoms with van der Waals surface area (Å²) in [5.41, 5.74) is 7.02. The Hall–Kier alpha value is -0.100. The van der Waals surface area contributed by atoms with Crippen LogP contribution in [0.3, 0.4) is 0 Å². The van der Waals surface area contributed by atoms with E-state index in [0.717, 1.165) is 11.3 Å². The molecule has 1 saturated heterocycles. The highest BCUT2D eigenvalue weighted by atomic mass is 35.5. The first-order valence-electron chi connectivity index (χ1n) is 6.38. The summed E-state index contributed by atoms with van der Waals surface area (Å²) in [5, 5.41) is 5.86. The second kappa shape index (κ2) is 6.57. The third kappa shape index (κ3) is 3.51. The molecule has 1 aliphatic rings. The van der Waals surface area contributed by atoms with E-state index in [4.69, 9.17) is 17.3 Å². The maximum absolute atomic E-state index is 6.05. The first-order chi connectivity index (χ1) is 9.02. The summed E-state index contributed by atoms with van der Waals surface area (Å²) in [6.07, 6.45) is 1.60. The van der Waals surface area contributed by atoms with Gasteiger partial charge in [0.05, 0.1) is 5.02 Å². The van der Waals surface area contributed by atoms with Gasteiger partial charge in [-0.2, -0.15) is 23.5 Å². The molecular formula is C13H20ClN3S2. The number of halogens is 1. The molecule has 6 heteroatoms. The van der Waals surface area contributed by atoms with Gasteiger partial charge in [0.15, 0.2) is 0 Å². The van der Waals surface area contributed by atoms with Crippen molar-refractivity contribution in [2.24, 2.45) is 0 Å². The largest absolute Gasteiger partial charge is 0.383 e. The van der Waals surface area contributed by atoms with Gasteiger partial charge in [-0.3, -0.25) is 0 Å². The number of thioether (sulfide) groups is 2. The molecule has 0 amide bonds. The highest BCUT2D eigenvalue weighted by molar-refractivity contribution is 8.07. The van der Waals surface area contributed by atoms with Crippen molar-refractivity contribution < 1.29 is 0 Å². The molecule has 1 aliphatic heterocycles. The molecule has 0 aromatic carbocycles. The number of nitrogens with zero attached hydrogens (tertiary/aromatic N) is 1. The number of nitrogens with two attached hydrogens (primary N) is 1. The lowest BCUT2D eigenvalue weighted by molar-refractivity contribution is 0.588. The number of hydrogen-bond acceptors (Lipinski definition) is 5. The van der Waals surface area contributed by atoms with Gasteiger partial charge in [0.2, 0.25) is 0 Å². The third-order valence-corrected chi connectivity index (χ3v) is 7.21. The Labute approximate surface area is 128 Å². The van der Waals surface area contributed by atoms with Gasteiger partial charge in [0.25, 0.3) is 0 Å². The van der Waals surface area contributed by atoms with E-state index in [1.807, 2.05) is 36.6 Å². The molecule has 0 bridgehead atoms. The summed E-state index contributed by atoms with van der Waals surface area (Å²) in [6.45, 7) is 4.59. The minimum Gasteiger partial charge on any atom is -0.383 e. The van der Waals surface area contributed by atoms with Gasteiger partial charge in [-0.05, 0) is 13.1 Å². The minimum absolute atomic E-state index is 0.193. The Bertz CT molecular complexity index is 444. The van der Waals surface area contributed by atoms with E-state index in [2.05, 4.69) is 24.1 Å². The molecule has 1 aromatic heterocycles. The van der Waals surface area contributed by atoms with Crippen molar-refractivity contribution in [3.8, 4) is 0 Å². The molecule has 1 fully saturated rings. The predicted molar refractivity (Wildman–Crippen MR) is 88.2 cm³/mol. The number of hydrogen-bond donors (Lipinski definition) is 2. The zero-order valence-corrected chi connectivity index (χ0v) is 13.8. The Balaban J connectivity index is 2.22. The van der Waals surface area contributed by atoms with Gasteiger partial charge < -0.3 is 11.1 Å². The summed E-state index contributed by atoms with van der Waals surface area (Å²) in [4.78, 5) is 4.17. The Kier molecular flexibility index (Phi) is 5.29. The van der Waals surface area contributed by atoms with Crippen LogP contribution in [0, 0.1) is 0 Å². The first kappa shape index (κ1) is 15.3. The van der Waals surface area contributed by atoms with Gasteiger partial charge in [0, 0.05) is 39.3 Å². The number of nitrogen functional groups attached to an aromatic ring is 1. The molecule has 4 unspecified atom stereocenters. The van der Waals surface area contributed by atoms with Crippen molar-refractivity contribution in [3.05, 3.63) is 22.8 Å². The zero-order valence-electron chi connectivity index (χ0n) is 11.4. The normalized spacial score (nSPS) is 29.2. The van der Waals surface area contributed by atoms with E-state index in [9.17, 15) is 0 Å². The second-order valence-corrected chi connectivity index (χ2v) is 8.28. The van der Waals surface area contributed by atoms with Crippen molar-refractivity contribution in [2.45, 2.75) is 35.6 Å². The molecule has 0 aliphatic carbocycles. The molecule has 3 nitrogen and oxygen atoms in total. The summed E-state index contributed by atoms with van der Waals surface area (Å²) in [6, 6.07) is 2.12. The maximum atomic E-state index is 6.05. The highest BCUT2D eigenvalue weighted by Gasteiger charge is 2.32. The molecule has 0 spiro atoms. The molecule has 2 heterocycles. The van der Waals surface area contributed by atoms with E-state index < -0.39 is 0 Å². The van der Waals surface area contributed by atoms with Crippen molar-refractivity contribution >= 4 is 40.9 Å². The maximum Gasteiger partial charge on any atom is 0.128 e. The molecule has 0 radical (unpaired) electrons. The molecule has 19 heavy (non-hydrogen) atoms. The van der Waals surface area contributed by atoms with E-state index >= 15 is 0 Å². The van der Waals surface area contributed by atoms with Crippen molar-refractivity contribution in [3.63, 3.8) is 0 Å². The lowest BCUT2D eigenvalue weighted by atomic mass is 10.1. The molecule has 1 aromatic rings. The molecule has 106 valence electrons. The lowest BCUT2D eigenvalue weighted by Gasteiger charge is -2.36. The Morgan fingerprint density at radius 2 is 2.21 bits per heavy atom. The fourth-order valence-electron chi connectivity index (χ4n) is 2.24. The van der Waals surface area contributed by atoms with Crippen LogP contribution in [0.5, 0.6) is 0 Å². The summed E-state index contributed by atoms with van der Waals surface area (Å²) < 4.78 is 0. The summed E-state index contributed by atoms with van der Waals surface area (Å²) >= 11 is 10.1. The van der Waals surface area contributed by atoms with E-state index in [-0.39, 0.29) is 6.04 Å². The number of rotatable bonds is 3. The Morgan fingerprint density at radius 3 is 2.84 bits per heavy atom. The number of anilines is 1. The van der Waals surface area contributed by atoms with Crippen LogP contribution in [0.4, 0.5) is 5.82 Å². The monoisotopic (exact) mass is 317 g/mol. The van der Waals surface area contributed by atoms with Gasteiger partial charge >= 0.3 is 0 Å². The quantitative estimate of drug-likeness (QED) is 0.896. The van der Waals surface area contributed by atoms with Crippen LogP contribution >= 0.6 is 35.1 Å². The van der Waals surface area contributed by atoms with Gasteiger partial charge in [0.1, 0.15) is 5.82 Å². The fraction of sp³-hybridized carbons (Fsp3) is 0.615. The zero-order chi connectivity index (χ0) is 14.0. The summed E-state index contributed by atoms with van der Waals surface area (Å²) in [7, 11) is 1.97. The van der Waals surface area contributed by atoms with Crippen LogP contribution in [-0.2, 0) is 0 Å². The topological polar surface area (TPSA) is 50.9 Å². The van der Waals surface area contributed by atoms with Crippen molar-refractivity contribution in [1.29, 1.82) is 0 Å². The molecule has 3 N–H and O–H groups in total.